The number of allylic oxidation sites excluding steroid dienone is 16. The highest BCUT2D eigenvalue weighted by atomic mass is 32.2. The molecule has 6 heterocycles. The van der Waals surface area contributed by atoms with Crippen molar-refractivity contribution >= 4 is 94.5 Å². The molecular weight excluding hydrogens is 1280 g/mol. The molecule has 102 heavy (non-hydrogen) atoms. The number of aromatic nitrogens is 6. The van der Waals surface area contributed by atoms with Gasteiger partial charge in [-0.15, -0.1) is 0 Å². The number of hydrogen-bond acceptors (Lipinski definition) is 6. The average molecular weight is 1340 g/mol. The fourth-order valence-electron chi connectivity index (χ4n) is 19.2. The highest BCUT2D eigenvalue weighted by Crippen LogP contribution is 2.67. The molecule has 23 rings (SSSR count). The van der Waals surface area contributed by atoms with Gasteiger partial charge in [-0.05, 0) is 176 Å². The molecule has 6 nitrogen and oxygen atoms in total. The average Bonchev–Trinajstić information content (AvgIpc) is 1.47. The molecule has 8 aliphatic rings. The minimum absolute atomic E-state index is 0.304. The van der Waals surface area contributed by atoms with E-state index in [4.69, 9.17) is 19.9 Å². The van der Waals surface area contributed by atoms with E-state index in [0.29, 0.717) is 17.8 Å². The summed E-state index contributed by atoms with van der Waals surface area (Å²) in [5.74, 6) is 1.61. The Hall–Kier alpha value is -11.7. The Morgan fingerprint density at radius 2 is 0.931 bits per heavy atom. The minimum Gasteiger partial charge on any atom is -0.278 e. The van der Waals surface area contributed by atoms with Crippen LogP contribution in [0.2, 0.25) is 0 Å². The van der Waals surface area contributed by atoms with Crippen molar-refractivity contribution in [2.75, 3.05) is 0 Å². The van der Waals surface area contributed by atoms with E-state index >= 15 is 0 Å². The van der Waals surface area contributed by atoms with Gasteiger partial charge in [0.1, 0.15) is 0 Å². The van der Waals surface area contributed by atoms with Crippen LogP contribution in [0.5, 0.6) is 0 Å². The van der Waals surface area contributed by atoms with Crippen molar-refractivity contribution in [2.24, 2.45) is 5.92 Å². The van der Waals surface area contributed by atoms with Gasteiger partial charge in [0.05, 0.1) is 55.3 Å². The SMILES string of the molecule is C1=CCC2C=C(c3nc(-n4c5ccccc5c5c6c(ccc54)C4(c5ccc(-c7ccc8nc(-n9c%10ccccc%10c%10c%11c(ccc%109)C9(C%10=C(CCC=C%10)C%10=C9C=CCC%10)c9ccccc9S%11)nc(-c9ccccc9)c8c7)cc5S6)c5ccccc5-c5ccccc54)nc4ccccc34)C=CC2=C1. The molecule has 0 saturated heterocycles. The van der Waals surface area contributed by atoms with E-state index in [1.807, 2.05) is 23.5 Å². The maximum Gasteiger partial charge on any atom is 0.235 e. The molecule has 4 aromatic heterocycles. The van der Waals surface area contributed by atoms with E-state index in [1.54, 1.807) is 11.1 Å². The lowest BCUT2D eigenvalue weighted by atomic mass is 9.64. The van der Waals surface area contributed by atoms with Crippen LogP contribution >= 0.6 is 23.5 Å². The van der Waals surface area contributed by atoms with Crippen LogP contribution in [0.1, 0.15) is 71.2 Å². The Kier molecular flexibility index (Phi) is 12.0. The van der Waals surface area contributed by atoms with E-state index in [2.05, 4.69) is 306 Å². The number of hydrogen-bond donors (Lipinski definition) is 0. The Balaban J connectivity index is 0.706. The van der Waals surface area contributed by atoms with Crippen LogP contribution in [0.3, 0.4) is 0 Å². The second-order valence-corrected chi connectivity index (χ2v) is 30.4. The van der Waals surface area contributed by atoms with Gasteiger partial charge in [0, 0.05) is 63.4 Å². The molecule has 0 amide bonds. The molecule has 0 bridgehead atoms. The predicted molar refractivity (Wildman–Crippen MR) is 418 cm³/mol. The molecule has 0 fully saturated rings. The number of fused-ring (bicyclic) bond motifs is 27. The first-order valence-corrected chi connectivity index (χ1v) is 37.4. The number of nitrogens with zero attached hydrogens (tertiary/aromatic N) is 6. The van der Waals surface area contributed by atoms with Crippen molar-refractivity contribution < 1.29 is 0 Å². The summed E-state index contributed by atoms with van der Waals surface area (Å²) >= 11 is 3.83. The summed E-state index contributed by atoms with van der Waals surface area (Å²) in [5, 5.41) is 6.84. The van der Waals surface area contributed by atoms with Gasteiger partial charge in [-0.3, -0.25) is 9.13 Å². The number of para-hydroxylation sites is 3. The van der Waals surface area contributed by atoms with Crippen LogP contribution in [0, 0.1) is 5.92 Å². The van der Waals surface area contributed by atoms with Gasteiger partial charge in [0.2, 0.25) is 11.9 Å². The van der Waals surface area contributed by atoms with E-state index in [1.165, 1.54) is 97.0 Å². The van der Waals surface area contributed by atoms with Crippen molar-refractivity contribution in [1.82, 2.24) is 29.1 Å². The van der Waals surface area contributed by atoms with Gasteiger partial charge < -0.3 is 0 Å². The first kappa shape index (κ1) is 57.1. The Morgan fingerprint density at radius 3 is 1.64 bits per heavy atom. The van der Waals surface area contributed by atoms with Crippen molar-refractivity contribution in [2.45, 2.75) is 62.5 Å². The maximum absolute atomic E-state index is 5.78. The molecule has 2 aliphatic heterocycles. The molecule has 6 aliphatic carbocycles. The molecular formula is C94H60N6S2. The highest BCUT2D eigenvalue weighted by Gasteiger charge is 2.54. The van der Waals surface area contributed by atoms with Crippen LogP contribution in [0.25, 0.3) is 116 Å². The van der Waals surface area contributed by atoms with Gasteiger partial charge in [0.25, 0.3) is 0 Å². The molecule has 11 aromatic carbocycles. The van der Waals surface area contributed by atoms with Crippen molar-refractivity contribution in [3.63, 3.8) is 0 Å². The van der Waals surface area contributed by atoms with Crippen LogP contribution in [-0.2, 0) is 10.8 Å². The van der Waals surface area contributed by atoms with Crippen molar-refractivity contribution in [3.8, 4) is 45.4 Å². The monoisotopic (exact) mass is 1340 g/mol. The van der Waals surface area contributed by atoms with Crippen molar-refractivity contribution in [1.29, 1.82) is 0 Å². The zero-order valence-electron chi connectivity index (χ0n) is 55.4. The molecule has 1 unspecified atom stereocenters. The van der Waals surface area contributed by atoms with Crippen LogP contribution in [-0.4, -0.2) is 29.1 Å². The van der Waals surface area contributed by atoms with Crippen LogP contribution < -0.4 is 0 Å². The molecule has 0 radical (unpaired) electrons. The third-order valence-electron chi connectivity index (χ3n) is 23.4. The summed E-state index contributed by atoms with van der Waals surface area (Å²) in [6.45, 7) is 0. The lowest BCUT2D eigenvalue weighted by Crippen LogP contribution is -2.33. The number of rotatable bonds is 5. The molecule has 15 aromatic rings. The molecule has 478 valence electrons. The van der Waals surface area contributed by atoms with Crippen LogP contribution in [0.15, 0.2) is 345 Å². The minimum atomic E-state index is -0.629. The van der Waals surface area contributed by atoms with Gasteiger partial charge in [-0.1, -0.05) is 266 Å². The fourth-order valence-corrected chi connectivity index (χ4v) is 21.9. The smallest absolute Gasteiger partial charge is 0.235 e. The summed E-state index contributed by atoms with van der Waals surface area (Å²) in [6.07, 6.45) is 28.7. The van der Waals surface area contributed by atoms with E-state index in [9.17, 15) is 0 Å². The predicted octanol–water partition coefficient (Wildman–Crippen LogP) is 23.4. The largest absolute Gasteiger partial charge is 0.278 e. The molecule has 1 atom stereocenters. The molecule has 8 heteroatoms. The topological polar surface area (TPSA) is 61.4 Å². The third kappa shape index (κ3) is 7.67. The third-order valence-corrected chi connectivity index (χ3v) is 25.8. The van der Waals surface area contributed by atoms with E-state index < -0.39 is 10.8 Å². The van der Waals surface area contributed by atoms with Gasteiger partial charge in [0.15, 0.2) is 0 Å². The van der Waals surface area contributed by atoms with Crippen LogP contribution in [0.4, 0.5) is 0 Å². The lowest BCUT2D eigenvalue weighted by Gasteiger charge is -2.42. The van der Waals surface area contributed by atoms with Crippen molar-refractivity contribution in [3.05, 3.63) is 364 Å². The molecule has 0 saturated carbocycles. The Morgan fingerprint density at radius 1 is 0.382 bits per heavy atom. The summed E-state index contributed by atoms with van der Waals surface area (Å²) in [6, 6.07) is 88.3. The lowest BCUT2D eigenvalue weighted by molar-refractivity contribution is 0.702. The standard InChI is InChI=1S/C94H60N6S2/c1-2-23-56(24-3-1)87-68-53-58(45-49-78(68)96-92(97-87)100-79-39-19-11-31-66(79)85-81(100)50-47-75-89(85)101-83-41-21-17-37-73(83)93(75)69-33-13-6-26-61(69)62-27-7-14-34-70(62)93)59-44-46-74-84(54-59)102-90-76(94(74)71-35-15-8-28-63(71)64-29-9-16-36-72(64)94)48-51-82-86(90)67-32-12-20-40-80(67)99(82)91-95-77-38-18-10-30-65(77)88(98-91)60-43-42-55-22-4-5-25-57(55)52-60/h1-5,8-24,28-54,57H,6-7,25-27H2. The summed E-state index contributed by atoms with van der Waals surface area (Å²) in [5.41, 5.74) is 29.1. The summed E-state index contributed by atoms with van der Waals surface area (Å²) in [7, 11) is 0. The normalized spacial score (nSPS) is 17.5. The molecule has 2 spiro atoms. The fraction of sp³-hybridized carbons (Fsp3) is 0.0851. The zero-order chi connectivity index (χ0) is 66.5. The maximum atomic E-state index is 5.78. The zero-order valence-corrected chi connectivity index (χ0v) is 57.0. The second-order valence-electron chi connectivity index (χ2n) is 28.3. The number of benzene rings is 11. The van der Waals surface area contributed by atoms with Gasteiger partial charge in [-0.25, -0.2) is 19.9 Å². The Bertz CT molecular complexity index is 6530. The quantitative estimate of drug-likeness (QED) is 0.171. The summed E-state index contributed by atoms with van der Waals surface area (Å²) in [4.78, 5) is 27.7. The van der Waals surface area contributed by atoms with Gasteiger partial charge >= 0.3 is 0 Å². The van der Waals surface area contributed by atoms with Gasteiger partial charge in [-0.2, -0.15) is 0 Å². The highest BCUT2D eigenvalue weighted by molar-refractivity contribution is 8.00. The Labute approximate surface area is 597 Å². The first-order valence-electron chi connectivity index (χ1n) is 35.7. The second kappa shape index (κ2) is 21.4. The van der Waals surface area contributed by atoms with E-state index in [-0.39, 0.29) is 0 Å². The summed E-state index contributed by atoms with van der Waals surface area (Å²) < 4.78 is 4.66. The first-order chi connectivity index (χ1) is 50.6. The van der Waals surface area contributed by atoms with E-state index in [0.717, 1.165) is 115 Å². The molecule has 0 N–H and O–H groups in total.